The fourth-order valence-electron chi connectivity index (χ4n) is 8.56. The zero-order chi connectivity index (χ0) is 37.5. The lowest BCUT2D eigenvalue weighted by Crippen LogP contribution is -2.33. The number of para-hydroxylation sites is 2. The number of nitrogens with zero attached hydrogens (tertiary/aromatic N) is 3. The van der Waals surface area contributed by atoms with Gasteiger partial charge in [0, 0.05) is 58.5 Å². The van der Waals surface area contributed by atoms with Crippen LogP contribution in [-0.2, 0) is 0 Å². The highest BCUT2D eigenvalue weighted by molar-refractivity contribution is 7.26. The predicted octanol–water partition coefficient (Wildman–Crippen LogP) is 13.2. The van der Waals surface area contributed by atoms with Crippen LogP contribution in [-0.4, -0.2) is 16.2 Å². The predicted molar refractivity (Wildman–Crippen MR) is 238 cm³/mol. The van der Waals surface area contributed by atoms with E-state index < -0.39 is 0 Å². The van der Waals surface area contributed by atoms with Crippen molar-refractivity contribution in [2.45, 2.75) is 6.17 Å². The van der Waals surface area contributed by atoms with Crippen LogP contribution in [0.3, 0.4) is 0 Å². The van der Waals surface area contributed by atoms with E-state index in [1.165, 1.54) is 47.5 Å². The van der Waals surface area contributed by atoms with Crippen LogP contribution in [0.1, 0.15) is 22.9 Å². The largest absolute Gasteiger partial charge is 0.456 e. The maximum absolute atomic E-state index is 6.44. The van der Waals surface area contributed by atoms with Crippen molar-refractivity contribution in [3.63, 3.8) is 0 Å². The number of aromatic nitrogens is 1. The minimum atomic E-state index is -0.248. The third kappa shape index (κ3) is 5.15. The van der Waals surface area contributed by atoms with Crippen LogP contribution in [0.2, 0.25) is 0 Å². The molecule has 5 nitrogen and oxygen atoms in total. The van der Waals surface area contributed by atoms with Gasteiger partial charge in [-0.1, -0.05) is 121 Å². The molecular weight excluding hydrogens is 717 g/mol. The van der Waals surface area contributed by atoms with Crippen LogP contribution in [0.5, 0.6) is 0 Å². The third-order valence-electron chi connectivity index (χ3n) is 11.3. The Morgan fingerprint density at radius 1 is 0.509 bits per heavy atom. The maximum atomic E-state index is 6.44. The van der Waals surface area contributed by atoms with Crippen molar-refractivity contribution in [3.8, 4) is 16.8 Å². The van der Waals surface area contributed by atoms with Gasteiger partial charge in [0.15, 0.2) is 5.84 Å². The van der Waals surface area contributed by atoms with Gasteiger partial charge in [-0.25, -0.2) is 9.98 Å². The Labute approximate surface area is 331 Å². The normalized spacial score (nSPS) is 14.5. The molecule has 11 aromatic rings. The van der Waals surface area contributed by atoms with Crippen LogP contribution >= 0.6 is 11.3 Å². The maximum Gasteiger partial charge on any atom is 0.159 e. The first-order valence-corrected chi connectivity index (χ1v) is 20.0. The van der Waals surface area contributed by atoms with Crippen molar-refractivity contribution in [2.75, 3.05) is 0 Å². The first-order valence-electron chi connectivity index (χ1n) is 19.2. The van der Waals surface area contributed by atoms with Gasteiger partial charge in [-0.15, -0.1) is 11.3 Å². The van der Waals surface area contributed by atoms with Gasteiger partial charge in [-0.05, 0) is 77.4 Å². The van der Waals surface area contributed by atoms with Gasteiger partial charge in [0.25, 0.3) is 0 Å². The Morgan fingerprint density at radius 2 is 1.16 bits per heavy atom. The molecular formula is C51H32N4OS. The first kappa shape index (κ1) is 32.0. The van der Waals surface area contributed by atoms with Gasteiger partial charge in [0.1, 0.15) is 23.2 Å². The van der Waals surface area contributed by atoms with Crippen molar-refractivity contribution in [3.05, 3.63) is 199 Å². The van der Waals surface area contributed by atoms with Crippen molar-refractivity contribution in [1.29, 1.82) is 0 Å². The minimum absolute atomic E-state index is 0.248. The first-order chi connectivity index (χ1) is 28.2. The number of furan rings is 1. The van der Waals surface area contributed by atoms with E-state index in [1.807, 2.05) is 35.6 Å². The van der Waals surface area contributed by atoms with E-state index in [-0.39, 0.29) is 6.17 Å². The molecule has 1 aliphatic heterocycles. The molecule has 8 aromatic carbocycles. The second kappa shape index (κ2) is 12.6. The van der Waals surface area contributed by atoms with Crippen LogP contribution in [0, 0.1) is 0 Å². The summed E-state index contributed by atoms with van der Waals surface area (Å²) in [5.41, 5.74) is 10.8. The Kier molecular flexibility index (Phi) is 7.09. The monoisotopic (exact) mass is 748 g/mol. The molecule has 1 N–H and O–H groups in total. The van der Waals surface area contributed by atoms with Gasteiger partial charge in [-0.3, -0.25) is 0 Å². The quantitative estimate of drug-likeness (QED) is 0.191. The van der Waals surface area contributed by atoms with Crippen LogP contribution < -0.4 is 5.32 Å². The molecule has 3 aromatic heterocycles. The lowest BCUT2D eigenvalue weighted by atomic mass is 10.00. The summed E-state index contributed by atoms with van der Waals surface area (Å²) in [6.45, 7) is 0. The van der Waals surface area contributed by atoms with E-state index >= 15 is 0 Å². The molecule has 0 aliphatic carbocycles. The second-order valence-corrected chi connectivity index (χ2v) is 15.6. The molecule has 57 heavy (non-hydrogen) atoms. The molecule has 4 heterocycles. The van der Waals surface area contributed by atoms with Crippen LogP contribution in [0.15, 0.2) is 196 Å². The Hall–Kier alpha value is -7.28. The van der Waals surface area contributed by atoms with E-state index in [4.69, 9.17) is 14.4 Å². The van der Waals surface area contributed by atoms with Crippen LogP contribution in [0.4, 0.5) is 0 Å². The van der Waals surface area contributed by atoms with Crippen molar-refractivity contribution in [2.24, 2.45) is 9.98 Å². The summed E-state index contributed by atoms with van der Waals surface area (Å²) in [6.07, 6.45) is -0.248. The molecule has 6 heteroatoms. The third-order valence-corrected chi connectivity index (χ3v) is 12.5. The van der Waals surface area contributed by atoms with E-state index in [0.29, 0.717) is 0 Å². The van der Waals surface area contributed by atoms with Gasteiger partial charge >= 0.3 is 0 Å². The smallest absolute Gasteiger partial charge is 0.159 e. The molecule has 0 spiro atoms. The average Bonchev–Trinajstić information content (AvgIpc) is 3.95. The van der Waals surface area contributed by atoms with Crippen LogP contribution in [0.25, 0.3) is 80.7 Å². The zero-order valence-electron chi connectivity index (χ0n) is 30.6. The van der Waals surface area contributed by atoms with E-state index in [9.17, 15) is 0 Å². The number of nitrogens with one attached hydrogen (secondary N) is 1. The molecule has 1 atom stereocenters. The van der Waals surface area contributed by atoms with Crippen molar-refractivity contribution >= 4 is 86.9 Å². The summed E-state index contributed by atoms with van der Waals surface area (Å²) >= 11 is 1.84. The standard InChI is InChI=1S/C51H32N4OS/c1-3-12-31(13-4-1)49-52-50(32-14-5-2-6-15-32)54-51(53-49)34-23-27-47-42(29-34)39-19-11-18-36(48(39)57-47)33-22-25-45-40(28-33)41-30-35(24-26-46(41)56-45)55-43-20-9-7-16-37(43)38-17-8-10-21-44(38)55/h1-30,49H,(H,52,53,54). The van der Waals surface area contributed by atoms with E-state index in [2.05, 4.69) is 168 Å². The highest BCUT2D eigenvalue weighted by Crippen LogP contribution is 2.42. The Bertz CT molecular complexity index is 3390. The average molecular weight is 749 g/mol. The van der Waals surface area contributed by atoms with E-state index in [1.54, 1.807) is 0 Å². The fourth-order valence-corrected chi connectivity index (χ4v) is 9.78. The molecule has 0 amide bonds. The number of amidine groups is 2. The SMILES string of the molecule is c1ccc(C2=NC(c3ccccc3)NC(c3ccc4sc5c(-c6ccc7oc8ccc(-n9c%10ccccc%10c%10ccccc%109)cc8c7c6)cccc5c4c3)=N2)cc1. The highest BCUT2D eigenvalue weighted by atomic mass is 32.1. The molecule has 0 radical (unpaired) electrons. The van der Waals surface area contributed by atoms with E-state index in [0.717, 1.165) is 61.6 Å². The second-order valence-electron chi connectivity index (χ2n) is 14.6. The molecule has 0 saturated heterocycles. The van der Waals surface area contributed by atoms with Gasteiger partial charge in [0.2, 0.25) is 0 Å². The summed E-state index contributed by atoms with van der Waals surface area (Å²) < 4.78 is 11.3. The number of fused-ring (bicyclic) bond motifs is 9. The Balaban J connectivity index is 0.965. The molecule has 0 fully saturated rings. The van der Waals surface area contributed by atoms with Gasteiger partial charge < -0.3 is 14.3 Å². The fraction of sp³-hybridized carbons (Fsp3) is 0.0196. The molecule has 1 unspecified atom stereocenters. The highest BCUT2D eigenvalue weighted by Gasteiger charge is 2.22. The lowest BCUT2D eigenvalue weighted by Gasteiger charge is -2.23. The summed E-state index contributed by atoms with van der Waals surface area (Å²) in [7, 11) is 0. The number of aliphatic imine (C=N–C) groups is 2. The number of thiophene rings is 1. The Morgan fingerprint density at radius 3 is 1.95 bits per heavy atom. The molecule has 268 valence electrons. The van der Waals surface area contributed by atoms with Crippen molar-refractivity contribution in [1.82, 2.24) is 9.88 Å². The number of benzene rings is 8. The zero-order valence-corrected chi connectivity index (χ0v) is 31.4. The lowest BCUT2D eigenvalue weighted by molar-refractivity contribution is 0.669. The summed E-state index contributed by atoms with van der Waals surface area (Å²) in [6, 6.07) is 64.4. The molecule has 0 saturated carbocycles. The van der Waals surface area contributed by atoms with Crippen molar-refractivity contribution < 1.29 is 4.42 Å². The van der Waals surface area contributed by atoms with Gasteiger partial charge in [0.05, 0.1) is 11.0 Å². The summed E-state index contributed by atoms with van der Waals surface area (Å²) in [4.78, 5) is 10.1. The molecule has 0 bridgehead atoms. The topological polar surface area (TPSA) is 54.8 Å². The number of rotatable bonds is 5. The summed E-state index contributed by atoms with van der Waals surface area (Å²) in [5, 5.41) is 10.8. The minimum Gasteiger partial charge on any atom is -0.456 e. The van der Waals surface area contributed by atoms with Gasteiger partial charge in [-0.2, -0.15) is 0 Å². The number of hydrogen-bond acceptors (Lipinski definition) is 5. The summed E-state index contributed by atoms with van der Waals surface area (Å²) in [5.74, 6) is 1.53. The number of hydrogen-bond donors (Lipinski definition) is 1. The molecule has 1 aliphatic rings. The molecule has 12 rings (SSSR count).